The number of esters is 1. The highest BCUT2D eigenvalue weighted by molar-refractivity contribution is 14.1. The second-order valence-electron chi connectivity index (χ2n) is 8.63. The van der Waals surface area contributed by atoms with E-state index < -0.39 is 5.97 Å². The molecule has 0 spiro atoms. The molecule has 0 saturated heterocycles. The number of hydrogen-bond acceptors (Lipinski definition) is 5. The van der Waals surface area contributed by atoms with Gasteiger partial charge in [-0.15, -0.1) is 11.3 Å². The summed E-state index contributed by atoms with van der Waals surface area (Å²) in [6, 6.07) is 1.91. The van der Waals surface area contributed by atoms with Crippen LogP contribution in [-0.2, 0) is 9.53 Å². The van der Waals surface area contributed by atoms with E-state index in [1.54, 1.807) is 0 Å². The normalized spacial score (nSPS) is 27.2. The van der Waals surface area contributed by atoms with E-state index in [-0.39, 0.29) is 18.1 Å². The number of rotatable bonds is 6. The zero-order chi connectivity index (χ0) is 21.7. The van der Waals surface area contributed by atoms with Gasteiger partial charge in [0, 0.05) is 12.5 Å². The molecule has 1 aromatic heterocycles. The molecule has 1 aromatic rings. The maximum Gasteiger partial charge on any atom is 0.350 e. The van der Waals surface area contributed by atoms with E-state index in [0.29, 0.717) is 35.7 Å². The van der Waals surface area contributed by atoms with Gasteiger partial charge < -0.3 is 14.7 Å². The lowest BCUT2D eigenvalue weighted by molar-refractivity contribution is -0.118. The summed E-state index contributed by atoms with van der Waals surface area (Å²) >= 11 is 3.54. The molecule has 0 unspecified atom stereocenters. The zero-order valence-electron chi connectivity index (χ0n) is 17.8. The number of aliphatic hydroxyl groups excluding tert-OH is 1. The fourth-order valence-corrected chi connectivity index (χ4v) is 6.31. The van der Waals surface area contributed by atoms with Gasteiger partial charge >= 0.3 is 5.97 Å². The van der Waals surface area contributed by atoms with Crippen molar-refractivity contribution >= 4 is 51.5 Å². The van der Waals surface area contributed by atoms with Crippen LogP contribution < -0.4 is 4.90 Å². The Labute approximate surface area is 197 Å². The van der Waals surface area contributed by atoms with Gasteiger partial charge in [-0.3, -0.25) is 4.79 Å². The molecular weight excluding hydrogens is 513 g/mol. The molecule has 0 aromatic carbocycles. The van der Waals surface area contributed by atoms with Gasteiger partial charge in [-0.05, 0) is 79.0 Å². The van der Waals surface area contributed by atoms with E-state index in [2.05, 4.69) is 35.6 Å². The van der Waals surface area contributed by atoms with Crippen LogP contribution in [0.25, 0.3) is 0 Å². The topological polar surface area (TPSA) is 66.8 Å². The molecule has 7 heteroatoms. The lowest BCUT2D eigenvalue weighted by atomic mass is 9.83. The summed E-state index contributed by atoms with van der Waals surface area (Å²) < 4.78 is 5.92. The van der Waals surface area contributed by atoms with Crippen molar-refractivity contribution in [3.63, 3.8) is 0 Å². The van der Waals surface area contributed by atoms with Crippen LogP contribution in [0.2, 0.25) is 0 Å². The zero-order valence-corrected chi connectivity index (χ0v) is 20.8. The molecule has 2 fully saturated rings. The summed E-state index contributed by atoms with van der Waals surface area (Å²) in [6.07, 6.45) is 12.0. The number of thiophene rings is 1. The molecule has 3 rings (SSSR count). The Bertz CT molecular complexity index is 761. The van der Waals surface area contributed by atoms with E-state index in [9.17, 15) is 14.7 Å². The monoisotopic (exact) mass is 545 g/mol. The van der Waals surface area contributed by atoms with Gasteiger partial charge in [0.2, 0.25) is 5.91 Å². The first-order valence-electron chi connectivity index (χ1n) is 10.9. The van der Waals surface area contributed by atoms with Crippen molar-refractivity contribution in [2.75, 3.05) is 12.0 Å². The first-order valence-corrected chi connectivity index (χ1v) is 12.8. The highest BCUT2D eigenvalue weighted by atomic mass is 127. The van der Waals surface area contributed by atoms with Gasteiger partial charge in [0.15, 0.2) is 0 Å². The molecule has 5 nitrogen and oxygen atoms in total. The average molecular weight is 545 g/mol. The summed E-state index contributed by atoms with van der Waals surface area (Å²) in [5.41, 5.74) is 0.655. The lowest BCUT2D eigenvalue weighted by Crippen LogP contribution is -2.43. The highest BCUT2D eigenvalue weighted by Gasteiger charge is 2.33. The molecule has 1 N–H and O–H groups in total. The van der Waals surface area contributed by atoms with E-state index >= 15 is 0 Å². The van der Waals surface area contributed by atoms with Gasteiger partial charge in [-0.25, -0.2) is 4.79 Å². The minimum Gasteiger partial charge on any atom is -0.465 e. The maximum atomic E-state index is 13.4. The summed E-state index contributed by atoms with van der Waals surface area (Å²) in [6.45, 7) is 2.31. The number of aliphatic hydroxyl groups is 1. The Morgan fingerprint density at radius 3 is 2.50 bits per heavy atom. The molecule has 2 saturated carbocycles. The first kappa shape index (κ1) is 23.7. The SMILES string of the molecule is COC(=O)c1sc(I)cc1N(C(=O)CC=CC1CCC(C)CC1)C1CCC(O)CC1. The van der Waals surface area contributed by atoms with Gasteiger partial charge in [0.1, 0.15) is 4.88 Å². The molecule has 1 amide bonds. The van der Waals surface area contributed by atoms with Crippen LogP contribution in [0.15, 0.2) is 18.2 Å². The van der Waals surface area contributed by atoms with Crippen LogP contribution in [0, 0.1) is 14.7 Å². The van der Waals surface area contributed by atoms with Gasteiger partial charge in [-0.2, -0.15) is 0 Å². The maximum absolute atomic E-state index is 13.4. The van der Waals surface area contributed by atoms with E-state index in [1.807, 2.05) is 17.0 Å². The summed E-state index contributed by atoms with van der Waals surface area (Å²) in [7, 11) is 1.37. The Kier molecular flexibility index (Phi) is 8.77. The number of ether oxygens (including phenoxy) is 1. The Morgan fingerprint density at radius 1 is 1.20 bits per heavy atom. The number of anilines is 1. The fourth-order valence-electron chi connectivity index (χ4n) is 4.56. The molecular formula is C23H32INO4S. The van der Waals surface area contributed by atoms with Crippen molar-refractivity contribution < 1.29 is 19.4 Å². The van der Waals surface area contributed by atoms with Crippen molar-refractivity contribution in [3.8, 4) is 0 Å². The van der Waals surface area contributed by atoms with Crippen molar-refractivity contribution in [1.29, 1.82) is 0 Å². The van der Waals surface area contributed by atoms with Crippen LogP contribution in [0.3, 0.4) is 0 Å². The van der Waals surface area contributed by atoms with Crippen LogP contribution in [0.4, 0.5) is 5.69 Å². The van der Waals surface area contributed by atoms with Crippen molar-refractivity contribution in [1.82, 2.24) is 0 Å². The molecule has 2 aliphatic carbocycles. The van der Waals surface area contributed by atoms with Crippen LogP contribution in [0.1, 0.15) is 74.4 Å². The molecule has 0 atom stereocenters. The van der Waals surface area contributed by atoms with E-state index in [4.69, 9.17) is 4.74 Å². The van der Waals surface area contributed by atoms with E-state index in [1.165, 1.54) is 44.1 Å². The number of halogens is 1. The Hall–Kier alpha value is -0.930. The number of methoxy groups -OCH3 is 1. The van der Waals surface area contributed by atoms with Crippen LogP contribution >= 0.6 is 33.9 Å². The number of carbonyl (C=O) groups is 2. The smallest absolute Gasteiger partial charge is 0.350 e. The van der Waals surface area contributed by atoms with Crippen molar-refractivity contribution in [2.45, 2.75) is 76.9 Å². The standard InChI is InChI=1S/C23H32INO4S/c1-15-6-8-16(9-7-15)4-3-5-21(27)25(17-10-12-18(26)13-11-17)19-14-20(24)30-22(19)23(28)29-2/h3-4,14-18,26H,5-13H2,1-2H3. The lowest BCUT2D eigenvalue weighted by Gasteiger charge is -2.35. The van der Waals surface area contributed by atoms with Gasteiger partial charge in [-0.1, -0.05) is 31.9 Å². The Balaban J connectivity index is 1.78. The number of allylic oxidation sites excluding steroid dienone is 1. The highest BCUT2D eigenvalue weighted by Crippen LogP contribution is 2.37. The van der Waals surface area contributed by atoms with Gasteiger partial charge in [0.05, 0.1) is 21.8 Å². The third kappa shape index (κ3) is 6.07. The number of hydrogen-bond donors (Lipinski definition) is 1. The largest absolute Gasteiger partial charge is 0.465 e. The van der Waals surface area contributed by atoms with Gasteiger partial charge in [0.25, 0.3) is 0 Å². The number of carbonyl (C=O) groups excluding carboxylic acids is 2. The second kappa shape index (κ2) is 11.1. The fraction of sp³-hybridized carbons (Fsp3) is 0.652. The molecule has 1 heterocycles. The van der Waals surface area contributed by atoms with Crippen LogP contribution in [-0.4, -0.2) is 36.2 Å². The van der Waals surface area contributed by atoms with E-state index in [0.717, 1.165) is 21.6 Å². The van der Waals surface area contributed by atoms with Crippen molar-refractivity contribution in [3.05, 3.63) is 26.0 Å². The van der Waals surface area contributed by atoms with Crippen LogP contribution in [0.5, 0.6) is 0 Å². The molecule has 166 valence electrons. The summed E-state index contributed by atoms with van der Waals surface area (Å²) in [4.78, 5) is 28.0. The molecule has 2 aliphatic rings. The molecule has 30 heavy (non-hydrogen) atoms. The summed E-state index contributed by atoms with van der Waals surface area (Å²) in [5.74, 6) is 0.987. The summed E-state index contributed by atoms with van der Waals surface area (Å²) in [5, 5.41) is 9.92. The third-order valence-electron chi connectivity index (χ3n) is 6.37. The van der Waals surface area contributed by atoms with Crippen molar-refractivity contribution in [2.24, 2.45) is 11.8 Å². The second-order valence-corrected chi connectivity index (χ2v) is 11.6. The number of nitrogens with zero attached hydrogens (tertiary/aromatic N) is 1. The minimum absolute atomic E-state index is 0.00126. The Morgan fingerprint density at radius 2 is 1.87 bits per heavy atom. The quantitative estimate of drug-likeness (QED) is 0.289. The number of amides is 1. The average Bonchev–Trinajstić information content (AvgIpc) is 3.11. The predicted octanol–water partition coefficient (Wildman–Crippen LogP) is 5.55. The third-order valence-corrected chi connectivity index (χ3v) is 8.24. The molecule has 0 aliphatic heterocycles. The predicted molar refractivity (Wildman–Crippen MR) is 129 cm³/mol. The molecule has 0 radical (unpaired) electrons. The molecule has 0 bridgehead atoms. The minimum atomic E-state index is -0.404. The first-order chi connectivity index (χ1) is 14.4.